The molecule has 0 saturated carbocycles. The highest BCUT2D eigenvalue weighted by atomic mass is 35.5. The van der Waals surface area contributed by atoms with Gasteiger partial charge in [-0.3, -0.25) is 4.79 Å². The minimum atomic E-state index is -4.49. The van der Waals surface area contributed by atoms with Crippen molar-refractivity contribution in [3.8, 4) is 0 Å². The van der Waals surface area contributed by atoms with Crippen molar-refractivity contribution in [3.05, 3.63) is 16.9 Å². The predicted molar refractivity (Wildman–Crippen MR) is 84.1 cm³/mol. The number of alkyl halides is 3. The summed E-state index contributed by atoms with van der Waals surface area (Å²) in [5.74, 6) is -0.526. The molecule has 0 bridgehead atoms. The van der Waals surface area contributed by atoms with Crippen LogP contribution in [0.15, 0.2) is 6.07 Å². The number of halogens is 4. The Kier molecular flexibility index (Phi) is 6.22. The van der Waals surface area contributed by atoms with Crippen LogP contribution in [0, 0.1) is 5.92 Å². The van der Waals surface area contributed by atoms with Gasteiger partial charge in [-0.1, -0.05) is 11.6 Å². The van der Waals surface area contributed by atoms with Gasteiger partial charge in [-0.2, -0.15) is 13.2 Å². The van der Waals surface area contributed by atoms with Crippen molar-refractivity contribution in [1.29, 1.82) is 0 Å². The average molecular weight is 366 g/mol. The van der Waals surface area contributed by atoms with Crippen molar-refractivity contribution in [2.45, 2.75) is 19.0 Å². The summed E-state index contributed by atoms with van der Waals surface area (Å²) in [5.41, 5.74) is 0.0881. The molecule has 134 valence electrons. The smallest absolute Gasteiger partial charge is 0.383 e. The fourth-order valence-electron chi connectivity index (χ4n) is 2.46. The molecule has 1 aliphatic rings. The monoisotopic (exact) mass is 365 g/mol. The lowest BCUT2D eigenvalue weighted by atomic mass is 9.97. The molecule has 0 aliphatic carbocycles. The molecule has 2 N–H and O–H groups in total. The second kappa shape index (κ2) is 7.98. The molecule has 10 heteroatoms. The molecule has 6 nitrogen and oxygen atoms in total. The van der Waals surface area contributed by atoms with Crippen molar-refractivity contribution < 1.29 is 18.0 Å². The van der Waals surface area contributed by atoms with E-state index in [4.69, 9.17) is 11.6 Å². The maximum Gasteiger partial charge on any atom is 0.405 e. The maximum absolute atomic E-state index is 12.2. The van der Waals surface area contributed by atoms with Crippen molar-refractivity contribution in [2.24, 2.45) is 5.92 Å². The summed E-state index contributed by atoms with van der Waals surface area (Å²) in [6.45, 7) is 1.14. The lowest BCUT2D eigenvalue weighted by Crippen LogP contribution is -2.35. The van der Waals surface area contributed by atoms with Crippen LogP contribution in [0.2, 0.25) is 5.15 Å². The van der Waals surface area contributed by atoms with E-state index in [0.29, 0.717) is 12.5 Å². The van der Waals surface area contributed by atoms with Gasteiger partial charge in [-0.15, -0.1) is 10.2 Å². The number of rotatable bonds is 5. The van der Waals surface area contributed by atoms with Crippen LogP contribution in [0.25, 0.3) is 0 Å². The van der Waals surface area contributed by atoms with Gasteiger partial charge in [0.05, 0.1) is 5.69 Å². The number of amides is 1. The van der Waals surface area contributed by atoms with Crippen LogP contribution in [-0.4, -0.2) is 60.4 Å². The molecule has 0 atom stereocenters. The first-order valence-corrected chi connectivity index (χ1v) is 7.93. The molecule has 1 fully saturated rings. The van der Waals surface area contributed by atoms with Crippen molar-refractivity contribution >= 4 is 23.2 Å². The molecule has 1 amide bonds. The number of anilines is 1. The Morgan fingerprint density at radius 3 is 2.67 bits per heavy atom. The molecule has 0 spiro atoms. The molecular formula is C14H19ClF3N5O. The maximum atomic E-state index is 12.2. The first-order chi connectivity index (χ1) is 11.2. The number of piperidine rings is 1. The quantitative estimate of drug-likeness (QED) is 0.837. The minimum Gasteiger partial charge on any atom is -0.383 e. The Morgan fingerprint density at radius 2 is 2.04 bits per heavy atom. The summed E-state index contributed by atoms with van der Waals surface area (Å²) < 4.78 is 36.7. The third-order valence-electron chi connectivity index (χ3n) is 3.85. The van der Waals surface area contributed by atoms with Crippen molar-refractivity contribution in [2.75, 3.05) is 38.5 Å². The number of nitrogens with one attached hydrogen (secondary N) is 2. The second-order valence-corrected chi connectivity index (χ2v) is 6.24. The molecule has 24 heavy (non-hydrogen) atoms. The van der Waals surface area contributed by atoms with E-state index in [9.17, 15) is 18.0 Å². The number of carbonyl (C=O) groups is 1. The fourth-order valence-corrected chi connectivity index (χ4v) is 2.60. The zero-order valence-corrected chi connectivity index (χ0v) is 13.9. The normalized spacial score (nSPS) is 16.9. The molecule has 1 aliphatic heterocycles. The number of hydrogen-bond acceptors (Lipinski definition) is 5. The lowest BCUT2D eigenvalue weighted by Gasteiger charge is -2.29. The highest BCUT2D eigenvalue weighted by Gasteiger charge is 2.29. The Morgan fingerprint density at radius 1 is 1.38 bits per heavy atom. The van der Waals surface area contributed by atoms with Gasteiger partial charge in [0.1, 0.15) is 6.54 Å². The highest BCUT2D eigenvalue weighted by molar-refractivity contribution is 6.29. The van der Waals surface area contributed by atoms with Crippen LogP contribution >= 0.6 is 11.6 Å². The summed E-state index contributed by atoms with van der Waals surface area (Å²) in [6.07, 6.45) is -2.48. The molecule has 1 aromatic heterocycles. The highest BCUT2D eigenvalue weighted by Crippen LogP contribution is 2.21. The molecule has 1 aromatic rings. The molecule has 1 saturated heterocycles. The van der Waals surface area contributed by atoms with Gasteiger partial charge in [0.25, 0.3) is 5.91 Å². The van der Waals surface area contributed by atoms with Crippen molar-refractivity contribution in [3.63, 3.8) is 0 Å². The van der Waals surface area contributed by atoms with Crippen LogP contribution in [0.5, 0.6) is 0 Å². The standard InChI is InChI=1S/C14H19ClF3N5O/c1-23-4-2-9(3-5-23)7-19-10-6-11(15)21-22-12(10)13(24)20-8-14(16,17)18/h6,9H,2-5,7-8H2,1H3,(H,19,21)(H,20,24). The van der Waals surface area contributed by atoms with Gasteiger partial charge in [0, 0.05) is 12.6 Å². The zero-order chi connectivity index (χ0) is 17.7. The summed E-state index contributed by atoms with van der Waals surface area (Å²) in [6, 6.07) is 1.39. The molecule has 0 aromatic carbocycles. The molecule has 2 rings (SSSR count). The number of carbonyl (C=O) groups excluding carboxylic acids is 1. The van der Waals surface area contributed by atoms with Gasteiger partial charge >= 0.3 is 6.18 Å². The number of hydrogen-bond donors (Lipinski definition) is 2. The van der Waals surface area contributed by atoms with E-state index in [1.165, 1.54) is 6.07 Å². The van der Waals surface area contributed by atoms with E-state index in [2.05, 4.69) is 27.5 Å². The van der Waals surface area contributed by atoms with Crippen LogP contribution in [0.1, 0.15) is 23.3 Å². The van der Waals surface area contributed by atoms with Gasteiger partial charge in [0.15, 0.2) is 10.8 Å². The van der Waals surface area contributed by atoms with Gasteiger partial charge in [-0.25, -0.2) is 0 Å². The van der Waals surface area contributed by atoms with Gasteiger partial charge < -0.3 is 15.5 Å². The number of likely N-dealkylation sites (tertiary alicyclic amines) is 1. The van der Waals surface area contributed by atoms with Crippen LogP contribution in [0.3, 0.4) is 0 Å². The molecule has 0 unspecified atom stereocenters. The van der Waals surface area contributed by atoms with Crippen molar-refractivity contribution in [1.82, 2.24) is 20.4 Å². The summed E-state index contributed by atoms with van der Waals surface area (Å²) in [5, 5.41) is 12.1. The number of aromatic nitrogens is 2. The van der Waals surface area contributed by atoms with Crippen LogP contribution in [0.4, 0.5) is 18.9 Å². The minimum absolute atomic E-state index is 0.0632. The summed E-state index contributed by atoms with van der Waals surface area (Å²) in [7, 11) is 2.05. The van der Waals surface area contributed by atoms with E-state index in [1.54, 1.807) is 5.32 Å². The van der Waals surface area contributed by atoms with Gasteiger partial charge in [-0.05, 0) is 38.9 Å². The largest absolute Gasteiger partial charge is 0.405 e. The molecule has 0 radical (unpaired) electrons. The predicted octanol–water partition coefficient (Wildman–Crippen LogP) is 2.18. The Labute approximate surface area is 142 Å². The third-order valence-corrected chi connectivity index (χ3v) is 4.03. The SMILES string of the molecule is CN1CCC(CNc2cc(Cl)nnc2C(=O)NCC(F)(F)F)CC1. The lowest BCUT2D eigenvalue weighted by molar-refractivity contribution is -0.123. The average Bonchev–Trinajstić information content (AvgIpc) is 2.51. The first kappa shape index (κ1) is 18.7. The van der Waals surface area contributed by atoms with E-state index in [-0.39, 0.29) is 16.5 Å². The van der Waals surface area contributed by atoms with E-state index in [1.807, 2.05) is 0 Å². The third kappa shape index (κ3) is 5.79. The Balaban J connectivity index is 2.00. The summed E-state index contributed by atoms with van der Waals surface area (Å²) >= 11 is 5.78. The van der Waals surface area contributed by atoms with E-state index in [0.717, 1.165) is 25.9 Å². The zero-order valence-electron chi connectivity index (χ0n) is 13.2. The van der Waals surface area contributed by atoms with E-state index < -0.39 is 18.6 Å². The topological polar surface area (TPSA) is 70.1 Å². The summed E-state index contributed by atoms with van der Waals surface area (Å²) in [4.78, 5) is 14.1. The first-order valence-electron chi connectivity index (χ1n) is 7.55. The second-order valence-electron chi connectivity index (χ2n) is 5.85. The van der Waals surface area contributed by atoms with Gasteiger partial charge in [0.2, 0.25) is 0 Å². The number of nitrogens with zero attached hydrogens (tertiary/aromatic N) is 3. The van der Waals surface area contributed by atoms with E-state index >= 15 is 0 Å². The molecule has 2 heterocycles. The fraction of sp³-hybridized carbons (Fsp3) is 0.643. The Hall–Kier alpha value is -1.61. The Bertz CT molecular complexity index is 576. The molecular weight excluding hydrogens is 347 g/mol. The van der Waals surface area contributed by atoms with Crippen LogP contribution < -0.4 is 10.6 Å². The van der Waals surface area contributed by atoms with Crippen LogP contribution in [-0.2, 0) is 0 Å².